The summed E-state index contributed by atoms with van der Waals surface area (Å²) >= 11 is 0. The summed E-state index contributed by atoms with van der Waals surface area (Å²) in [5.74, 6) is 0. The van der Waals surface area contributed by atoms with Crippen LogP contribution in [0.25, 0.3) is 0 Å². The Labute approximate surface area is 251 Å². The Bertz CT molecular complexity index is 663. The largest absolute Gasteiger partial charge is 3.00 e. The molecule has 0 aromatic heterocycles. The average molecular weight is 716 g/mol. The second-order valence-electron chi connectivity index (χ2n) is 4.43. The van der Waals surface area contributed by atoms with Crippen molar-refractivity contribution in [1.82, 2.24) is 10.6 Å². The number of nitrogens with one attached hydrogen (secondary N) is 2. The van der Waals surface area contributed by atoms with E-state index in [0.717, 1.165) is 26.2 Å². The maximum absolute atomic E-state index is 9.32. The third-order valence-electron chi connectivity index (χ3n) is 1.56. The summed E-state index contributed by atoms with van der Waals surface area (Å²) in [5, 5.41) is 6.44. The van der Waals surface area contributed by atoms with Crippen molar-refractivity contribution in [2.75, 3.05) is 26.2 Å². The average Bonchev–Trinajstić information content (AvgIpc) is 2.38. The fourth-order valence-corrected chi connectivity index (χ4v) is 3.91. The Morgan fingerprint density at radius 3 is 0.486 bits per heavy atom. The molecule has 23 nitrogen and oxygen atoms in total. The zero-order valence-corrected chi connectivity index (χ0v) is 27.4. The molecule has 0 spiro atoms. The fraction of sp³-hybridized carbons (Fsp3) is 1.00. The smallest absolute Gasteiger partial charge is 0.790 e. The molecule has 1 heterocycles. The van der Waals surface area contributed by atoms with E-state index < -0.39 is 46.9 Å². The Balaban J connectivity index is -0.0000000630. The van der Waals surface area contributed by atoms with Crippen LogP contribution in [0.1, 0.15) is 0 Å². The van der Waals surface area contributed by atoms with Crippen LogP contribution in [0.15, 0.2) is 0 Å². The quantitative estimate of drug-likeness (QED) is 0.190. The summed E-state index contributed by atoms with van der Waals surface area (Å²) in [6.07, 6.45) is 0. The van der Waals surface area contributed by atoms with Crippen LogP contribution in [0.3, 0.4) is 0 Å². The molecule has 0 amide bonds. The molecule has 0 aliphatic carbocycles. The van der Waals surface area contributed by atoms with E-state index in [1.54, 1.807) is 0 Å². The second-order valence-corrected chi connectivity index (χ2v) is 11.8. The maximum Gasteiger partial charge on any atom is 3.00 e. The molecule has 2 N–H and O–H groups in total. The van der Waals surface area contributed by atoms with E-state index >= 15 is 0 Å². The van der Waals surface area contributed by atoms with Gasteiger partial charge in [0.05, 0.1) is 46.9 Å². The molecule has 1 aliphatic rings. The molecule has 0 bridgehead atoms. The first-order valence-electron chi connectivity index (χ1n) is 6.80. The maximum atomic E-state index is 9.32. The minimum Gasteiger partial charge on any atom is -0.790 e. The molecule has 33 heteroatoms. The Kier molecular flexibility index (Phi) is 36.6. The van der Waals surface area contributed by atoms with Crippen molar-refractivity contribution >= 4 is 116 Å². The molecule has 37 heavy (non-hydrogen) atoms. The summed E-state index contributed by atoms with van der Waals surface area (Å²) in [7, 11) is -34.1. The van der Waals surface area contributed by atoms with E-state index in [4.69, 9.17) is 0 Å². The molecule has 1 fully saturated rings. The SMILES string of the molecule is C1CNCCN1.O=P([O-])([O-])OP(=O)([O-])[O-].O=P([O-])([O-])OP(=O)([O-])[O-].O=P([O-])([O-])OP(=O)([O-])[O-].[Al+3].[Al+3].[Al+3].[Al+3]. The molecule has 0 radical (unpaired) electrons. The monoisotopic (exact) mass is 716 g/mol. The zero-order valence-electron chi connectivity index (χ0n) is 17.4. The van der Waals surface area contributed by atoms with Crippen LogP contribution in [0.2, 0.25) is 0 Å². The van der Waals surface area contributed by atoms with E-state index in [1.165, 1.54) is 0 Å². The van der Waals surface area contributed by atoms with Crippen molar-refractivity contribution in [2.24, 2.45) is 0 Å². The summed E-state index contributed by atoms with van der Waals surface area (Å²) in [5.41, 5.74) is 0. The van der Waals surface area contributed by atoms with Crippen molar-refractivity contribution < 1.29 is 99.0 Å². The van der Waals surface area contributed by atoms with Gasteiger partial charge in [-0.2, -0.15) is 0 Å². The van der Waals surface area contributed by atoms with E-state index in [0.29, 0.717) is 0 Å². The predicted octanol–water partition coefficient (Wildman–Crippen LogP) is -12.4. The van der Waals surface area contributed by atoms with Gasteiger partial charge in [-0.25, -0.2) is 0 Å². The molecule has 0 aromatic carbocycles. The Hall–Kier alpha value is 2.83. The predicted molar refractivity (Wildman–Crippen MR) is 97.6 cm³/mol. The number of rotatable bonds is 6. The molecule has 1 rings (SSSR count). The third kappa shape index (κ3) is 73.2. The van der Waals surface area contributed by atoms with E-state index in [9.17, 15) is 86.1 Å². The van der Waals surface area contributed by atoms with Crippen molar-refractivity contribution in [3.63, 3.8) is 0 Å². The zero-order chi connectivity index (χ0) is 27.4. The first-order chi connectivity index (χ1) is 14.1. The van der Waals surface area contributed by atoms with E-state index in [1.807, 2.05) is 0 Å². The van der Waals surface area contributed by atoms with E-state index in [-0.39, 0.29) is 69.4 Å². The van der Waals surface area contributed by atoms with Gasteiger partial charge in [0, 0.05) is 26.2 Å². The molecule has 1 saturated heterocycles. The first kappa shape index (κ1) is 55.7. The second kappa shape index (κ2) is 24.3. The minimum absolute atomic E-state index is 0. The minimum atomic E-state index is -5.68. The van der Waals surface area contributed by atoms with Crippen LogP contribution >= 0.6 is 46.9 Å². The van der Waals surface area contributed by atoms with Crippen molar-refractivity contribution in [2.45, 2.75) is 0 Å². The van der Waals surface area contributed by atoms with Gasteiger partial charge in [-0.05, 0) is 0 Å². The van der Waals surface area contributed by atoms with Crippen LogP contribution in [0.4, 0.5) is 0 Å². The van der Waals surface area contributed by atoms with Gasteiger partial charge in [-0.3, -0.25) is 0 Å². The van der Waals surface area contributed by atoms with Gasteiger partial charge in [-0.1, -0.05) is 0 Å². The first-order valence-corrected chi connectivity index (χ1v) is 15.6. The van der Waals surface area contributed by atoms with Crippen molar-refractivity contribution in [1.29, 1.82) is 0 Å². The number of hydrogen-bond donors (Lipinski definition) is 2. The fourth-order valence-electron chi connectivity index (χ4n) is 0.971. The molecule has 1 aliphatic heterocycles. The third-order valence-corrected chi connectivity index (χ3v) is 6.36. The van der Waals surface area contributed by atoms with Gasteiger partial charge in [0.1, 0.15) is 0 Å². The topological polar surface area (TPSA) is 431 Å². The number of phosphoric acid groups is 6. The Morgan fingerprint density at radius 1 is 0.351 bits per heavy atom. The van der Waals surface area contributed by atoms with Crippen molar-refractivity contribution in [3.05, 3.63) is 0 Å². The van der Waals surface area contributed by atoms with Gasteiger partial charge in [0.25, 0.3) is 0 Å². The van der Waals surface area contributed by atoms with Crippen LogP contribution in [-0.4, -0.2) is 95.6 Å². The van der Waals surface area contributed by atoms with Gasteiger partial charge in [-0.15, -0.1) is 0 Å². The normalized spacial score (nSPS) is 13.9. The summed E-state index contributed by atoms with van der Waals surface area (Å²) in [6, 6.07) is 0. The Morgan fingerprint density at radius 2 is 0.459 bits per heavy atom. The molecule has 0 unspecified atom stereocenters. The van der Waals surface area contributed by atoms with E-state index in [2.05, 4.69) is 23.6 Å². The number of hydrogen-bond acceptors (Lipinski definition) is 23. The van der Waals surface area contributed by atoms with Gasteiger partial charge in [0.15, 0.2) is 0 Å². The van der Waals surface area contributed by atoms with Gasteiger partial charge < -0.3 is 110 Å². The number of piperazine rings is 1. The summed E-state index contributed by atoms with van der Waals surface area (Å²) in [6.45, 7) is 4.56. The van der Waals surface area contributed by atoms with Crippen LogP contribution in [0, 0.1) is 0 Å². The molecular formula is C4H10Al4N2O21P6. The van der Waals surface area contributed by atoms with Gasteiger partial charge >= 0.3 is 69.4 Å². The molecular weight excluding hydrogens is 706 g/mol. The van der Waals surface area contributed by atoms with Gasteiger partial charge in [0.2, 0.25) is 0 Å². The van der Waals surface area contributed by atoms with Crippen LogP contribution < -0.4 is 69.4 Å². The molecule has 0 saturated carbocycles. The molecule has 0 aromatic rings. The standard InChI is InChI=1S/C4H10N2.4Al.3H4O7P2/c1-2-6-4-3-5-1;;;;;3*1-8(2,3)7-9(4,5)6/h5-6H,1-4H2;;;;;3*(H2,1,2,3)(H2,4,5,6)/q;4*+3;;;/p-12. The summed E-state index contributed by atoms with van der Waals surface area (Å²) in [4.78, 5) is 112. The molecule has 0 atom stereocenters. The van der Waals surface area contributed by atoms with Crippen LogP contribution in [-0.2, 0) is 40.3 Å². The summed E-state index contributed by atoms with van der Waals surface area (Å²) < 4.78 is 63.5. The van der Waals surface area contributed by atoms with Crippen molar-refractivity contribution in [3.8, 4) is 0 Å². The molecule has 204 valence electrons. The van der Waals surface area contributed by atoms with Crippen LogP contribution in [0.5, 0.6) is 0 Å².